The van der Waals surface area contributed by atoms with E-state index in [0.29, 0.717) is 12.6 Å². The first-order valence-electron chi connectivity index (χ1n) is 5.49. The molecule has 1 atom stereocenters. The number of hydrogen-bond donors (Lipinski definition) is 1. The summed E-state index contributed by atoms with van der Waals surface area (Å²) in [6.45, 7) is 3.68. The Balaban J connectivity index is 2.55. The number of hydrogen-bond acceptors (Lipinski definition) is 3. The third kappa shape index (κ3) is 1.64. The van der Waals surface area contributed by atoms with Crippen molar-refractivity contribution < 1.29 is 0 Å². The molecule has 1 aliphatic heterocycles. The predicted octanol–water partition coefficient (Wildman–Crippen LogP) is 1.86. The van der Waals surface area contributed by atoms with E-state index in [4.69, 9.17) is 17.3 Å². The molecule has 0 radical (unpaired) electrons. The van der Waals surface area contributed by atoms with Gasteiger partial charge in [-0.05, 0) is 24.6 Å². The lowest BCUT2D eigenvalue weighted by molar-refractivity contribution is 0.608. The zero-order valence-electron chi connectivity index (χ0n) is 10.00. The summed E-state index contributed by atoms with van der Waals surface area (Å²) < 4.78 is 0. The van der Waals surface area contributed by atoms with E-state index < -0.39 is 0 Å². The average Bonchev–Trinajstić information content (AvgIpc) is 2.27. The standard InChI is InChI=1S/C12H18ClN3/c1-8-10(13)4-5-11-12(8)16(3)9(6-14)7-15(11)2/h4-5,9H,6-7,14H2,1-3H3. The molecule has 1 aromatic carbocycles. The molecule has 1 heterocycles. The van der Waals surface area contributed by atoms with Crippen molar-refractivity contribution >= 4 is 23.0 Å². The zero-order valence-corrected chi connectivity index (χ0v) is 10.8. The highest BCUT2D eigenvalue weighted by atomic mass is 35.5. The minimum Gasteiger partial charge on any atom is -0.371 e. The molecule has 16 heavy (non-hydrogen) atoms. The maximum absolute atomic E-state index is 6.17. The minimum atomic E-state index is 0.356. The quantitative estimate of drug-likeness (QED) is 0.812. The highest BCUT2D eigenvalue weighted by Crippen LogP contribution is 2.39. The number of fused-ring (bicyclic) bond motifs is 1. The van der Waals surface area contributed by atoms with Crippen molar-refractivity contribution in [1.29, 1.82) is 0 Å². The topological polar surface area (TPSA) is 32.5 Å². The highest BCUT2D eigenvalue weighted by molar-refractivity contribution is 6.32. The van der Waals surface area contributed by atoms with Gasteiger partial charge in [-0.2, -0.15) is 0 Å². The van der Waals surface area contributed by atoms with Crippen molar-refractivity contribution in [2.24, 2.45) is 5.73 Å². The molecule has 1 aliphatic rings. The second-order valence-corrected chi connectivity index (χ2v) is 4.83. The lowest BCUT2D eigenvalue weighted by atomic mass is 10.0. The van der Waals surface area contributed by atoms with Crippen LogP contribution in [0.15, 0.2) is 12.1 Å². The van der Waals surface area contributed by atoms with Gasteiger partial charge < -0.3 is 15.5 Å². The molecule has 0 saturated carbocycles. The Labute approximate surface area is 102 Å². The van der Waals surface area contributed by atoms with Crippen molar-refractivity contribution in [3.63, 3.8) is 0 Å². The summed E-state index contributed by atoms with van der Waals surface area (Å²) in [7, 11) is 4.19. The normalized spacial score (nSPS) is 19.9. The van der Waals surface area contributed by atoms with Crippen molar-refractivity contribution in [1.82, 2.24) is 0 Å². The van der Waals surface area contributed by atoms with Crippen LogP contribution in [-0.4, -0.2) is 33.2 Å². The molecule has 4 heteroatoms. The first-order chi connectivity index (χ1) is 7.56. The van der Waals surface area contributed by atoms with Crippen LogP contribution in [-0.2, 0) is 0 Å². The fourth-order valence-electron chi connectivity index (χ4n) is 2.37. The third-order valence-electron chi connectivity index (χ3n) is 3.41. The van der Waals surface area contributed by atoms with Gasteiger partial charge in [0.15, 0.2) is 0 Å². The van der Waals surface area contributed by atoms with Gasteiger partial charge in [-0.1, -0.05) is 11.6 Å². The number of rotatable bonds is 1. The van der Waals surface area contributed by atoms with Crippen LogP contribution >= 0.6 is 11.6 Å². The van der Waals surface area contributed by atoms with E-state index in [9.17, 15) is 0 Å². The van der Waals surface area contributed by atoms with Crippen molar-refractivity contribution in [2.75, 3.05) is 37.0 Å². The minimum absolute atomic E-state index is 0.356. The Morgan fingerprint density at radius 1 is 1.44 bits per heavy atom. The van der Waals surface area contributed by atoms with Gasteiger partial charge >= 0.3 is 0 Å². The molecule has 2 N–H and O–H groups in total. The van der Waals surface area contributed by atoms with Gasteiger partial charge in [0.1, 0.15) is 0 Å². The van der Waals surface area contributed by atoms with Gasteiger partial charge in [0.25, 0.3) is 0 Å². The molecule has 1 unspecified atom stereocenters. The van der Waals surface area contributed by atoms with E-state index in [-0.39, 0.29) is 0 Å². The van der Waals surface area contributed by atoms with Crippen molar-refractivity contribution in [3.8, 4) is 0 Å². The van der Waals surface area contributed by atoms with E-state index in [1.807, 2.05) is 6.07 Å². The van der Waals surface area contributed by atoms with Crippen molar-refractivity contribution in [2.45, 2.75) is 13.0 Å². The molecule has 0 spiro atoms. The zero-order chi connectivity index (χ0) is 11.9. The van der Waals surface area contributed by atoms with E-state index in [0.717, 1.165) is 17.1 Å². The second kappa shape index (κ2) is 4.15. The number of anilines is 2. The first-order valence-corrected chi connectivity index (χ1v) is 5.87. The molecule has 1 aromatic rings. The van der Waals surface area contributed by atoms with Crippen LogP contribution in [0.5, 0.6) is 0 Å². The van der Waals surface area contributed by atoms with Gasteiger partial charge in [0, 0.05) is 32.2 Å². The fourth-order valence-corrected chi connectivity index (χ4v) is 2.52. The fraction of sp³-hybridized carbons (Fsp3) is 0.500. The number of benzene rings is 1. The molecule has 88 valence electrons. The maximum Gasteiger partial charge on any atom is 0.0649 e. The Kier molecular flexibility index (Phi) is 3.00. The molecular weight excluding hydrogens is 222 g/mol. The third-order valence-corrected chi connectivity index (χ3v) is 3.82. The summed E-state index contributed by atoms with van der Waals surface area (Å²) in [6, 6.07) is 4.39. The van der Waals surface area contributed by atoms with Gasteiger partial charge in [-0.15, -0.1) is 0 Å². The molecule has 3 nitrogen and oxygen atoms in total. The number of halogens is 1. The van der Waals surface area contributed by atoms with Crippen LogP contribution in [0.1, 0.15) is 5.56 Å². The maximum atomic E-state index is 6.17. The van der Waals surface area contributed by atoms with E-state index >= 15 is 0 Å². The van der Waals surface area contributed by atoms with Crippen molar-refractivity contribution in [3.05, 3.63) is 22.7 Å². The number of nitrogens with zero attached hydrogens (tertiary/aromatic N) is 2. The molecule has 0 bridgehead atoms. The molecule has 0 aromatic heterocycles. The summed E-state index contributed by atoms with van der Waals surface area (Å²) in [5, 5.41) is 0.816. The predicted molar refractivity (Wildman–Crippen MR) is 70.7 cm³/mol. The lowest BCUT2D eigenvalue weighted by Crippen LogP contribution is -2.50. The molecular formula is C12H18ClN3. The Bertz CT molecular complexity index is 405. The van der Waals surface area contributed by atoms with Gasteiger partial charge in [-0.25, -0.2) is 0 Å². The van der Waals surface area contributed by atoms with E-state index in [1.54, 1.807) is 0 Å². The van der Waals surface area contributed by atoms with Crippen LogP contribution in [0, 0.1) is 6.92 Å². The van der Waals surface area contributed by atoms with E-state index in [1.165, 1.54) is 11.4 Å². The summed E-state index contributed by atoms with van der Waals surface area (Å²) in [4.78, 5) is 4.49. The van der Waals surface area contributed by atoms with Gasteiger partial charge in [-0.3, -0.25) is 0 Å². The first kappa shape index (κ1) is 11.6. The van der Waals surface area contributed by atoms with Crippen LogP contribution < -0.4 is 15.5 Å². The summed E-state index contributed by atoms with van der Waals surface area (Å²) in [6.07, 6.45) is 0. The molecule has 0 amide bonds. The van der Waals surface area contributed by atoms with Crippen LogP contribution in [0.4, 0.5) is 11.4 Å². The number of nitrogens with two attached hydrogens (primary N) is 1. The second-order valence-electron chi connectivity index (χ2n) is 4.42. The van der Waals surface area contributed by atoms with Gasteiger partial charge in [0.05, 0.1) is 17.4 Å². The lowest BCUT2D eigenvalue weighted by Gasteiger charge is -2.42. The summed E-state index contributed by atoms with van der Waals surface area (Å²) in [5.41, 5.74) is 9.37. The molecule has 0 saturated heterocycles. The van der Waals surface area contributed by atoms with Gasteiger partial charge in [0.2, 0.25) is 0 Å². The SMILES string of the molecule is Cc1c(Cl)ccc2c1N(C)C(CN)CN2C. The summed E-state index contributed by atoms with van der Waals surface area (Å²) >= 11 is 6.17. The van der Waals surface area contributed by atoms with Crippen LogP contribution in [0.2, 0.25) is 5.02 Å². The molecule has 0 aliphatic carbocycles. The largest absolute Gasteiger partial charge is 0.371 e. The monoisotopic (exact) mass is 239 g/mol. The summed E-state index contributed by atoms with van der Waals surface area (Å²) in [5.74, 6) is 0. The smallest absolute Gasteiger partial charge is 0.0649 e. The Hall–Kier alpha value is -0.930. The van der Waals surface area contributed by atoms with Crippen LogP contribution in [0.3, 0.4) is 0 Å². The Morgan fingerprint density at radius 2 is 2.12 bits per heavy atom. The highest BCUT2D eigenvalue weighted by Gasteiger charge is 2.27. The van der Waals surface area contributed by atoms with E-state index in [2.05, 4.69) is 36.9 Å². The Morgan fingerprint density at radius 3 is 2.75 bits per heavy atom. The molecule has 2 rings (SSSR count). The average molecular weight is 240 g/mol. The van der Waals surface area contributed by atoms with Crippen LogP contribution in [0.25, 0.3) is 0 Å². The molecule has 0 fully saturated rings. The number of likely N-dealkylation sites (N-methyl/N-ethyl adjacent to an activating group) is 2.